The summed E-state index contributed by atoms with van der Waals surface area (Å²) in [5.74, 6) is -1.97. The van der Waals surface area contributed by atoms with Crippen molar-refractivity contribution in [2.45, 2.75) is 11.8 Å². The second-order valence-electron chi connectivity index (χ2n) is 4.23. The number of benzene rings is 2. The predicted octanol–water partition coefficient (Wildman–Crippen LogP) is 4.60. The predicted molar refractivity (Wildman–Crippen MR) is 83.7 cm³/mol. The standard InChI is InChI=1S/C13H9Br2F2NO2S/c1-7-5-9(15)12(6-8(7)14)21(19,20)18-13-10(16)3-2-4-11(13)17/h2-6,18H,1H3. The van der Waals surface area contributed by atoms with Crippen LogP contribution in [0, 0.1) is 18.6 Å². The molecule has 0 aliphatic rings. The fourth-order valence-electron chi connectivity index (χ4n) is 1.62. The lowest BCUT2D eigenvalue weighted by Crippen LogP contribution is -2.16. The number of halogens is 4. The molecular formula is C13H9Br2F2NO2S. The molecule has 0 saturated carbocycles. The van der Waals surface area contributed by atoms with Gasteiger partial charge in [-0.15, -0.1) is 0 Å². The summed E-state index contributed by atoms with van der Waals surface area (Å²) in [5.41, 5.74) is 0.110. The lowest BCUT2D eigenvalue weighted by atomic mass is 10.2. The van der Waals surface area contributed by atoms with Gasteiger partial charge in [-0.2, -0.15) is 0 Å². The number of hydrogen-bond donors (Lipinski definition) is 1. The molecule has 0 fully saturated rings. The fourth-order valence-corrected chi connectivity index (χ4v) is 4.37. The summed E-state index contributed by atoms with van der Waals surface area (Å²) in [6.45, 7) is 1.79. The number of nitrogens with one attached hydrogen (secondary N) is 1. The molecule has 0 atom stereocenters. The SMILES string of the molecule is Cc1cc(Br)c(S(=O)(=O)Nc2c(F)cccc2F)cc1Br. The summed E-state index contributed by atoms with van der Waals surface area (Å²) in [4.78, 5) is -0.123. The van der Waals surface area contributed by atoms with Gasteiger partial charge in [-0.1, -0.05) is 22.0 Å². The minimum absolute atomic E-state index is 0.123. The summed E-state index contributed by atoms with van der Waals surface area (Å²) in [5, 5.41) is 0. The molecule has 0 saturated heterocycles. The van der Waals surface area contributed by atoms with E-state index in [1.807, 2.05) is 4.72 Å². The molecule has 2 aromatic rings. The van der Waals surface area contributed by atoms with Gasteiger partial charge in [0, 0.05) is 8.95 Å². The number of rotatable bonds is 3. The molecule has 0 radical (unpaired) electrons. The highest BCUT2D eigenvalue weighted by Crippen LogP contribution is 2.31. The van der Waals surface area contributed by atoms with Gasteiger partial charge in [0.25, 0.3) is 10.0 Å². The zero-order valence-corrected chi connectivity index (χ0v) is 14.6. The Labute approximate surface area is 137 Å². The monoisotopic (exact) mass is 439 g/mol. The third-order valence-electron chi connectivity index (χ3n) is 2.70. The van der Waals surface area contributed by atoms with Crippen molar-refractivity contribution in [2.24, 2.45) is 0 Å². The Balaban J connectivity index is 2.51. The Hall–Kier alpha value is -0.990. The van der Waals surface area contributed by atoms with Gasteiger partial charge >= 0.3 is 0 Å². The molecule has 21 heavy (non-hydrogen) atoms. The Morgan fingerprint density at radius 3 is 2.19 bits per heavy atom. The quantitative estimate of drug-likeness (QED) is 0.758. The van der Waals surface area contributed by atoms with E-state index in [0.717, 1.165) is 23.8 Å². The van der Waals surface area contributed by atoms with E-state index in [4.69, 9.17) is 0 Å². The molecule has 2 aromatic carbocycles. The van der Waals surface area contributed by atoms with Gasteiger partial charge < -0.3 is 0 Å². The molecule has 3 nitrogen and oxygen atoms in total. The van der Waals surface area contributed by atoms with Crippen LogP contribution in [0.15, 0.2) is 44.2 Å². The van der Waals surface area contributed by atoms with E-state index < -0.39 is 27.3 Å². The molecule has 0 unspecified atom stereocenters. The Morgan fingerprint density at radius 2 is 1.62 bits per heavy atom. The molecule has 1 N–H and O–H groups in total. The first kappa shape index (κ1) is 16.4. The van der Waals surface area contributed by atoms with E-state index in [1.165, 1.54) is 6.07 Å². The van der Waals surface area contributed by atoms with Crippen molar-refractivity contribution in [3.8, 4) is 0 Å². The summed E-state index contributed by atoms with van der Waals surface area (Å²) in [7, 11) is -4.14. The molecular weight excluding hydrogens is 432 g/mol. The van der Waals surface area contributed by atoms with Gasteiger partial charge in [0.1, 0.15) is 22.2 Å². The van der Waals surface area contributed by atoms with Crippen LogP contribution in [0.5, 0.6) is 0 Å². The summed E-state index contributed by atoms with van der Waals surface area (Å²) in [6, 6.07) is 6.06. The fraction of sp³-hybridized carbons (Fsp3) is 0.0769. The highest BCUT2D eigenvalue weighted by molar-refractivity contribution is 9.11. The van der Waals surface area contributed by atoms with Crippen LogP contribution in [0.3, 0.4) is 0 Å². The number of sulfonamides is 1. The van der Waals surface area contributed by atoms with Crippen LogP contribution >= 0.6 is 31.9 Å². The summed E-state index contributed by atoms with van der Waals surface area (Å²) < 4.78 is 54.5. The molecule has 8 heteroatoms. The Bertz CT molecular complexity index is 790. The number of anilines is 1. The third kappa shape index (κ3) is 3.44. The molecule has 112 valence electrons. The van der Waals surface area contributed by atoms with Crippen molar-refractivity contribution in [3.63, 3.8) is 0 Å². The second-order valence-corrected chi connectivity index (χ2v) is 7.59. The van der Waals surface area contributed by atoms with Crippen molar-refractivity contribution >= 4 is 47.6 Å². The summed E-state index contributed by atoms with van der Waals surface area (Å²) in [6.07, 6.45) is 0. The first-order chi connectivity index (χ1) is 9.72. The van der Waals surface area contributed by atoms with E-state index in [-0.39, 0.29) is 4.90 Å². The van der Waals surface area contributed by atoms with Gasteiger partial charge in [0.2, 0.25) is 0 Å². The van der Waals surface area contributed by atoms with Gasteiger partial charge in [-0.3, -0.25) is 4.72 Å². The van der Waals surface area contributed by atoms with Crippen LogP contribution in [-0.4, -0.2) is 8.42 Å². The van der Waals surface area contributed by atoms with Crippen LogP contribution < -0.4 is 4.72 Å². The number of hydrogen-bond acceptors (Lipinski definition) is 2. The molecule has 0 aromatic heterocycles. The van der Waals surface area contributed by atoms with Crippen LogP contribution in [0.25, 0.3) is 0 Å². The van der Waals surface area contributed by atoms with Gasteiger partial charge in [-0.05, 0) is 52.7 Å². The van der Waals surface area contributed by atoms with E-state index in [2.05, 4.69) is 31.9 Å². The van der Waals surface area contributed by atoms with E-state index in [1.54, 1.807) is 13.0 Å². The minimum atomic E-state index is -4.14. The lowest BCUT2D eigenvalue weighted by Gasteiger charge is -2.12. The maximum Gasteiger partial charge on any atom is 0.263 e. The lowest BCUT2D eigenvalue weighted by molar-refractivity contribution is 0.582. The third-order valence-corrected chi connectivity index (χ3v) is 5.86. The minimum Gasteiger partial charge on any atom is -0.274 e. The second kappa shape index (κ2) is 6.02. The largest absolute Gasteiger partial charge is 0.274 e. The van der Waals surface area contributed by atoms with Crippen LogP contribution in [-0.2, 0) is 10.0 Å². The van der Waals surface area contributed by atoms with E-state index >= 15 is 0 Å². The Kier molecular flexibility index (Phi) is 4.69. The first-order valence-electron chi connectivity index (χ1n) is 5.65. The zero-order valence-electron chi connectivity index (χ0n) is 10.6. The average molecular weight is 441 g/mol. The number of aryl methyl sites for hydroxylation is 1. The molecule has 2 rings (SSSR count). The normalized spacial score (nSPS) is 11.5. The van der Waals surface area contributed by atoms with E-state index in [9.17, 15) is 17.2 Å². The molecule has 0 aliphatic heterocycles. The maximum absolute atomic E-state index is 13.6. The first-order valence-corrected chi connectivity index (χ1v) is 8.72. The highest BCUT2D eigenvalue weighted by Gasteiger charge is 2.22. The van der Waals surface area contributed by atoms with Crippen LogP contribution in [0.1, 0.15) is 5.56 Å². The Morgan fingerprint density at radius 1 is 1.05 bits per heavy atom. The average Bonchev–Trinajstić information content (AvgIpc) is 2.38. The molecule has 0 heterocycles. The van der Waals surface area contributed by atoms with E-state index in [0.29, 0.717) is 8.95 Å². The van der Waals surface area contributed by atoms with Crippen molar-refractivity contribution in [1.29, 1.82) is 0 Å². The van der Waals surface area contributed by atoms with Crippen LogP contribution in [0.4, 0.5) is 14.5 Å². The topological polar surface area (TPSA) is 46.2 Å². The van der Waals surface area contributed by atoms with Crippen molar-refractivity contribution < 1.29 is 17.2 Å². The maximum atomic E-state index is 13.6. The smallest absolute Gasteiger partial charge is 0.263 e. The summed E-state index contributed by atoms with van der Waals surface area (Å²) >= 11 is 6.37. The van der Waals surface area contributed by atoms with Crippen molar-refractivity contribution in [3.05, 3.63) is 56.5 Å². The highest BCUT2D eigenvalue weighted by atomic mass is 79.9. The molecule has 0 bridgehead atoms. The molecule has 0 spiro atoms. The zero-order chi connectivity index (χ0) is 15.8. The molecule has 0 aliphatic carbocycles. The van der Waals surface area contributed by atoms with Crippen molar-refractivity contribution in [2.75, 3.05) is 4.72 Å². The van der Waals surface area contributed by atoms with Crippen LogP contribution in [0.2, 0.25) is 0 Å². The molecule has 0 amide bonds. The van der Waals surface area contributed by atoms with Gasteiger partial charge in [-0.25, -0.2) is 17.2 Å². The number of para-hydroxylation sites is 1. The van der Waals surface area contributed by atoms with Gasteiger partial charge in [0.15, 0.2) is 0 Å². The van der Waals surface area contributed by atoms with Crippen molar-refractivity contribution in [1.82, 2.24) is 0 Å². The van der Waals surface area contributed by atoms with Gasteiger partial charge in [0.05, 0.1) is 0 Å².